The predicted molar refractivity (Wildman–Crippen MR) is 142 cm³/mol. The number of halogens is 2. The average Bonchev–Trinajstić information content (AvgIpc) is 3.14. The van der Waals surface area contributed by atoms with Gasteiger partial charge in [-0.1, -0.05) is 30.1 Å². The van der Waals surface area contributed by atoms with Gasteiger partial charge in [0.15, 0.2) is 9.84 Å². The summed E-state index contributed by atoms with van der Waals surface area (Å²) in [7, 11) is 1.05. The molecule has 0 saturated carbocycles. The van der Waals surface area contributed by atoms with Crippen molar-refractivity contribution in [1.29, 1.82) is 0 Å². The standard InChI is InChI=1S/C23H25Cl2N5O6S/c1-5-17(31)27-13-9-37(33,34)10-14(13)28-23-26-8-11-6-12(22(32)30(2)21(11)29-23)18-19(24)15(35-3)7-16(36-4)20(18)25/h6-8,13-14H,5,9-10H2,1-4H3,(H,27,31)(H,26,28,29). The second-order valence-electron chi connectivity index (χ2n) is 8.53. The van der Waals surface area contributed by atoms with Crippen LogP contribution in [0.5, 0.6) is 11.5 Å². The van der Waals surface area contributed by atoms with Gasteiger partial charge in [-0.25, -0.2) is 13.4 Å². The van der Waals surface area contributed by atoms with Gasteiger partial charge in [0.2, 0.25) is 11.9 Å². The second kappa shape index (κ2) is 10.3. The molecule has 3 heterocycles. The molecule has 1 fully saturated rings. The largest absolute Gasteiger partial charge is 0.495 e. The van der Waals surface area contributed by atoms with Crippen molar-refractivity contribution in [3.8, 4) is 22.6 Å². The number of hydrogen-bond acceptors (Lipinski definition) is 9. The Bertz CT molecular complexity index is 1530. The fraction of sp³-hybridized carbons (Fsp3) is 0.391. The second-order valence-corrected chi connectivity index (χ2v) is 11.4. The normalized spacial score (nSPS) is 18.5. The van der Waals surface area contributed by atoms with E-state index in [1.54, 1.807) is 13.0 Å². The lowest BCUT2D eigenvalue weighted by Crippen LogP contribution is -2.46. The van der Waals surface area contributed by atoms with Crippen LogP contribution in [0.25, 0.3) is 22.2 Å². The van der Waals surface area contributed by atoms with Crippen LogP contribution < -0.4 is 25.7 Å². The number of nitrogens with one attached hydrogen (secondary N) is 2. The smallest absolute Gasteiger partial charge is 0.259 e. The van der Waals surface area contributed by atoms with E-state index in [0.717, 1.165) is 0 Å². The molecule has 37 heavy (non-hydrogen) atoms. The number of anilines is 1. The van der Waals surface area contributed by atoms with E-state index in [1.165, 1.54) is 38.1 Å². The summed E-state index contributed by atoms with van der Waals surface area (Å²) in [6.07, 6.45) is 1.73. The maximum absolute atomic E-state index is 13.4. The highest BCUT2D eigenvalue weighted by atomic mass is 35.5. The van der Waals surface area contributed by atoms with E-state index in [4.69, 9.17) is 32.7 Å². The first kappa shape index (κ1) is 27.0. The number of amides is 1. The highest BCUT2D eigenvalue weighted by Gasteiger charge is 2.39. The zero-order chi connectivity index (χ0) is 27.1. The number of hydrogen-bond donors (Lipinski definition) is 2. The summed E-state index contributed by atoms with van der Waals surface area (Å²) in [6, 6.07) is 1.84. The van der Waals surface area contributed by atoms with Crippen LogP contribution in [0.15, 0.2) is 23.1 Å². The summed E-state index contributed by atoms with van der Waals surface area (Å²) in [4.78, 5) is 34.0. The fourth-order valence-corrected chi connectivity index (χ4v) is 6.79. The van der Waals surface area contributed by atoms with Gasteiger partial charge in [0, 0.05) is 36.7 Å². The summed E-state index contributed by atoms with van der Waals surface area (Å²) in [6.45, 7) is 1.68. The summed E-state index contributed by atoms with van der Waals surface area (Å²) in [5.74, 6) is 0.0635. The summed E-state index contributed by atoms with van der Waals surface area (Å²) < 4.78 is 36.4. The molecule has 1 saturated heterocycles. The number of aryl methyl sites for hydroxylation is 1. The molecule has 0 radical (unpaired) electrons. The SMILES string of the molecule is CCC(=O)NC1CS(=O)(=O)CC1Nc1ncc2cc(-c3c(Cl)c(OC)cc(OC)c3Cl)c(=O)n(C)c2n1. The third-order valence-electron chi connectivity index (χ3n) is 6.13. The van der Waals surface area contributed by atoms with Crippen LogP contribution in [0.2, 0.25) is 10.0 Å². The molecule has 2 aromatic heterocycles. The molecule has 1 aliphatic rings. The molecule has 2 atom stereocenters. The van der Waals surface area contributed by atoms with Crippen molar-refractivity contribution < 1.29 is 22.7 Å². The van der Waals surface area contributed by atoms with Crippen LogP contribution in [0.4, 0.5) is 5.95 Å². The number of fused-ring (bicyclic) bond motifs is 1. The van der Waals surface area contributed by atoms with Crippen molar-refractivity contribution in [2.24, 2.45) is 7.05 Å². The first-order valence-electron chi connectivity index (χ1n) is 11.2. The van der Waals surface area contributed by atoms with Crippen LogP contribution in [-0.2, 0) is 21.7 Å². The number of benzene rings is 1. The highest BCUT2D eigenvalue weighted by Crippen LogP contribution is 2.45. The number of nitrogens with zero attached hydrogens (tertiary/aromatic N) is 3. The van der Waals surface area contributed by atoms with Gasteiger partial charge in [0.25, 0.3) is 5.56 Å². The molecule has 0 spiro atoms. The number of pyridine rings is 1. The minimum absolute atomic E-state index is 0.118. The molecule has 11 nitrogen and oxygen atoms in total. The molecule has 0 aliphatic carbocycles. The van der Waals surface area contributed by atoms with E-state index >= 15 is 0 Å². The highest BCUT2D eigenvalue weighted by molar-refractivity contribution is 7.91. The van der Waals surface area contributed by atoms with Crippen LogP contribution in [0.3, 0.4) is 0 Å². The number of methoxy groups -OCH3 is 2. The number of carbonyl (C=O) groups excluding carboxylic acids is 1. The Balaban J connectivity index is 1.76. The Morgan fingerprint density at radius 1 is 1.14 bits per heavy atom. The molecule has 14 heteroatoms. The first-order chi connectivity index (χ1) is 17.5. The quantitative estimate of drug-likeness (QED) is 0.438. The lowest BCUT2D eigenvalue weighted by molar-refractivity contribution is -0.121. The van der Waals surface area contributed by atoms with E-state index in [1.807, 2.05) is 0 Å². The molecule has 0 bridgehead atoms. The van der Waals surface area contributed by atoms with Gasteiger partial charge < -0.3 is 20.1 Å². The van der Waals surface area contributed by atoms with Crippen LogP contribution >= 0.6 is 23.2 Å². The van der Waals surface area contributed by atoms with E-state index in [9.17, 15) is 18.0 Å². The zero-order valence-corrected chi connectivity index (χ0v) is 22.8. The lowest BCUT2D eigenvalue weighted by Gasteiger charge is -2.21. The van der Waals surface area contributed by atoms with E-state index in [0.29, 0.717) is 11.0 Å². The number of aromatic nitrogens is 3. The first-order valence-corrected chi connectivity index (χ1v) is 13.8. The molecule has 198 valence electrons. The van der Waals surface area contributed by atoms with Crippen molar-refractivity contribution in [3.63, 3.8) is 0 Å². The van der Waals surface area contributed by atoms with Crippen molar-refractivity contribution in [3.05, 3.63) is 38.7 Å². The topological polar surface area (TPSA) is 142 Å². The third-order valence-corrected chi connectivity index (χ3v) is 8.61. The van der Waals surface area contributed by atoms with Gasteiger partial charge >= 0.3 is 0 Å². The van der Waals surface area contributed by atoms with Crippen molar-refractivity contribution in [2.45, 2.75) is 25.4 Å². The predicted octanol–water partition coefficient (Wildman–Crippen LogP) is 2.42. The number of ether oxygens (including phenoxy) is 2. The Hall–Kier alpha value is -3.09. The molecule has 1 amide bonds. The molecular weight excluding hydrogens is 545 g/mol. The number of sulfone groups is 1. The van der Waals surface area contributed by atoms with Gasteiger partial charge in [-0.2, -0.15) is 4.98 Å². The Morgan fingerprint density at radius 3 is 2.35 bits per heavy atom. The van der Waals surface area contributed by atoms with Gasteiger partial charge in [0.1, 0.15) is 17.1 Å². The zero-order valence-electron chi connectivity index (χ0n) is 20.5. The molecule has 1 aromatic carbocycles. The summed E-state index contributed by atoms with van der Waals surface area (Å²) >= 11 is 13.0. The lowest BCUT2D eigenvalue weighted by atomic mass is 10.0. The van der Waals surface area contributed by atoms with Crippen molar-refractivity contribution >= 4 is 55.9 Å². The summed E-state index contributed by atoms with van der Waals surface area (Å²) in [5, 5.41) is 6.53. The van der Waals surface area contributed by atoms with E-state index in [-0.39, 0.29) is 62.5 Å². The van der Waals surface area contributed by atoms with E-state index < -0.39 is 27.5 Å². The van der Waals surface area contributed by atoms with Crippen molar-refractivity contribution in [1.82, 2.24) is 19.9 Å². The van der Waals surface area contributed by atoms with Crippen LogP contribution in [-0.4, -0.2) is 66.7 Å². The van der Waals surface area contributed by atoms with Crippen LogP contribution in [0, 0.1) is 0 Å². The third kappa shape index (κ3) is 5.18. The van der Waals surface area contributed by atoms with Crippen LogP contribution in [0.1, 0.15) is 13.3 Å². The molecule has 3 aromatic rings. The molecular formula is C23H25Cl2N5O6S. The molecule has 2 unspecified atom stereocenters. The monoisotopic (exact) mass is 569 g/mol. The Kier molecular flexibility index (Phi) is 7.54. The average molecular weight is 570 g/mol. The molecule has 1 aliphatic heterocycles. The van der Waals surface area contributed by atoms with Crippen molar-refractivity contribution in [2.75, 3.05) is 31.0 Å². The summed E-state index contributed by atoms with van der Waals surface area (Å²) in [5.41, 5.74) is 0.293. The maximum Gasteiger partial charge on any atom is 0.259 e. The molecule has 4 rings (SSSR count). The fourth-order valence-electron chi connectivity index (χ4n) is 4.22. The van der Waals surface area contributed by atoms with Gasteiger partial charge in [-0.3, -0.25) is 14.2 Å². The molecule has 2 N–H and O–H groups in total. The Labute approximate surface area is 223 Å². The number of rotatable bonds is 7. The Morgan fingerprint density at radius 2 is 1.76 bits per heavy atom. The minimum atomic E-state index is -3.37. The number of carbonyl (C=O) groups is 1. The van der Waals surface area contributed by atoms with E-state index in [2.05, 4.69) is 20.6 Å². The van der Waals surface area contributed by atoms with Gasteiger partial charge in [0.05, 0.1) is 53.4 Å². The minimum Gasteiger partial charge on any atom is -0.495 e. The van der Waals surface area contributed by atoms with Gasteiger partial charge in [-0.15, -0.1) is 0 Å². The maximum atomic E-state index is 13.4. The van der Waals surface area contributed by atoms with Gasteiger partial charge in [-0.05, 0) is 6.07 Å².